The first-order valence-electron chi connectivity index (χ1n) is 10.0. The molecule has 2 rings (SSSR count). The highest BCUT2D eigenvalue weighted by Gasteiger charge is 2.21. The van der Waals surface area contributed by atoms with Crippen molar-refractivity contribution in [1.29, 1.82) is 0 Å². The molecular formula is C21H35N5O2. The highest BCUT2D eigenvalue weighted by Crippen LogP contribution is 2.14. The molecule has 28 heavy (non-hydrogen) atoms. The Kier molecular flexibility index (Phi) is 8.57. The van der Waals surface area contributed by atoms with Crippen LogP contribution in [0.25, 0.3) is 0 Å². The molecule has 0 saturated carbocycles. The minimum Gasteiger partial charge on any atom is -0.497 e. The Morgan fingerprint density at radius 2 is 1.89 bits per heavy atom. The second-order valence-electron chi connectivity index (χ2n) is 7.70. The van der Waals surface area contributed by atoms with Crippen LogP contribution in [0.5, 0.6) is 5.75 Å². The molecule has 0 unspecified atom stereocenters. The number of likely N-dealkylation sites (tertiary alicyclic amines) is 1. The molecule has 1 aliphatic rings. The molecule has 0 spiro atoms. The first-order chi connectivity index (χ1) is 13.4. The van der Waals surface area contributed by atoms with Crippen molar-refractivity contribution in [1.82, 2.24) is 20.4 Å². The maximum atomic E-state index is 12.0. The number of nitrogens with one attached hydrogen (secondary N) is 2. The monoisotopic (exact) mass is 389 g/mol. The summed E-state index contributed by atoms with van der Waals surface area (Å²) in [4.78, 5) is 20.7. The van der Waals surface area contributed by atoms with Gasteiger partial charge in [0.25, 0.3) is 0 Å². The number of carbonyl (C=O) groups excluding carboxylic acids is 1. The van der Waals surface area contributed by atoms with E-state index in [1.807, 2.05) is 24.3 Å². The summed E-state index contributed by atoms with van der Waals surface area (Å²) in [5, 5.41) is 6.70. The number of hydrogen-bond acceptors (Lipinski definition) is 4. The van der Waals surface area contributed by atoms with E-state index in [1.165, 1.54) is 0 Å². The predicted octanol–water partition coefficient (Wildman–Crippen LogP) is 1.69. The predicted molar refractivity (Wildman–Crippen MR) is 114 cm³/mol. The van der Waals surface area contributed by atoms with Gasteiger partial charge in [-0.15, -0.1) is 0 Å². The van der Waals surface area contributed by atoms with Gasteiger partial charge in [0.1, 0.15) is 5.75 Å². The van der Waals surface area contributed by atoms with Crippen LogP contribution in [0.3, 0.4) is 0 Å². The third kappa shape index (κ3) is 7.03. The van der Waals surface area contributed by atoms with Crippen molar-refractivity contribution in [3.05, 3.63) is 29.8 Å². The number of ether oxygens (including phenoxy) is 1. The number of benzene rings is 1. The highest BCUT2D eigenvalue weighted by molar-refractivity contribution is 5.86. The zero-order chi connectivity index (χ0) is 20.5. The number of methoxy groups -OCH3 is 1. The highest BCUT2D eigenvalue weighted by atomic mass is 16.5. The van der Waals surface area contributed by atoms with Crippen molar-refractivity contribution in [2.75, 3.05) is 40.8 Å². The number of aliphatic imine (C=N–C) groups is 1. The van der Waals surface area contributed by atoms with Gasteiger partial charge < -0.3 is 25.2 Å². The van der Waals surface area contributed by atoms with E-state index in [4.69, 9.17) is 9.73 Å². The number of rotatable bonds is 7. The number of likely N-dealkylation sites (N-methyl/N-ethyl adjacent to an activating group) is 1. The Hall–Kier alpha value is -2.28. The normalized spacial score (nSPS) is 16.1. The molecule has 1 amide bonds. The van der Waals surface area contributed by atoms with E-state index < -0.39 is 0 Å². The fourth-order valence-corrected chi connectivity index (χ4v) is 3.12. The molecular weight excluding hydrogens is 354 g/mol. The summed E-state index contributed by atoms with van der Waals surface area (Å²) in [7, 11) is 5.17. The number of amides is 1. The molecule has 1 aromatic carbocycles. The van der Waals surface area contributed by atoms with Gasteiger partial charge in [0.05, 0.1) is 20.2 Å². The van der Waals surface area contributed by atoms with Gasteiger partial charge in [0.15, 0.2) is 5.96 Å². The Morgan fingerprint density at radius 1 is 1.25 bits per heavy atom. The summed E-state index contributed by atoms with van der Waals surface area (Å²) in [6, 6.07) is 8.83. The number of guanidine groups is 1. The van der Waals surface area contributed by atoms with Gasteiger partial charge in [0.2, 0.25) is 5.91 Å². The molecule has 0 aromatic heterocycles. The van der Waals surface area contributed by atoms with E-state index in [0.717, 1.165) is 37.2 Å². The lowest BCUT2D eigenvalue weighted by atomic mass is 10.0. The summed E-state index contributed by atoms with van der Waals surface area (Å²) in [5.41, 5.74) is 1.09. The van der Waals surface area contributed by atoms with Crippen LogP contribution in [-0.2, 0) is 11.3 Å². The maximum absolute atomic E-state index is 12.0. The van der Waals surface area contributed by atoms with Crippen LogP contribution in [0, 0.1) is 0 Å². The van der Waals surface area contributed by atoms with Gasteiger partial charge in [-0.3, -0.25) is 4.79 Å². The average Bonchev–Trinajstić information content (AvgIpc) is 2.70. The first kappa shape index (κ1) is 22.0. The molecule has 0 radical (unpaired) electrons. The van der Waals surface area contributed by atoms with Crippen molar-refractivity contribution in [2.45, 2.75) is 45.3 Å². The van der Waals surface area contributed by atoms with Crippen LogP contribution >= 0.6 is 0 Å². The Bertz CT molecular complexity index is 635. The van der Waals surface area contributed by atoms with Crippen LogP contribution < -0.4 is 15.4 Å². The molecule has 0 atom stereocenters. The minimum absolute atomic E-state index is 0.0218. The van der Waals surface area contributed by atoms with Gasteiger partial charge in [-0.2, -0.15) is 0 Å². The molecule has 7 heteroatoms. The van der Waals surface area contributed by atoms with E-state index in [2.05, 4.69) is 29.4 Å². The standard InChI is InChI=1S/C21H35N5O2/c1-16(2)26-12-10-18(11-13-26)24-21(23-15-20(27)25(3)4)22-14-17-6-8-19(28-5)9-7-17/h6-9,16,18H,10-15H2,1-5H3,(H2,22,23,24). The summed E-state index contributed by atoms with van der Waals surface area (Å²) >= 11 is 0. The first-order valence-corrected chi connectivity index (χ1v) is 10.0. The molecule has 0 bridgehead atoms. The van der Waals surface area contributed by atoms with Crippen LogP contribution in [0.15, 0.2) is 29.3 Å². The van der Waals surface area contributed by atoms with E-state index in [9.17, 15) is 4.79 Å². The zero-order valence-corrected chi connectivity index (χ0v) is 17.9. The van der Waals surface area contributed by atoms with E-state index in [1.54, 1.807) is 26.1 Å². The molecule has 7 nitrogen and oxygen atoms in total. The van der Waals surface area contributed by atoms with E-state index in [-0.39, 0.29) is 12.5 Å². The second-order valence-corrected chi connectivity index (χ2v) is 7.70. The maximum Gasteiger partial charge on any atom is 0.241 e. The topological polar surface area (TPSA) is 69.2 Å². The van der Waals surface area contributed by atoms with Crippen molar-refractivity contribution >= 4 is 11.9 Å². The average molecular weight is 390 g/mol. The quantitative estimate of drug-likeness (QED) is 0.549. The number of piperidine rings is 1. The fourth-order valence-electron chi connectivity index (χ4n) is 3.12. The molecule has 2 N–H and O–H groups in total. The van der Waals surface area contributed by atoms with Gasteiger partial charge in [-0.25, -0.2) is 4.99 Å². The molecule has 1 saturated heterocycles. The number of nitrogens with zero attached hydrogens (tertiary/aromatic N) is 3. The lowest BCUT2D eigenvalue weighted by Gasteiger charge is -2.35. The fraction of sp³-hybridized carbons (Fsp3) is 0.619. The van der Waals surface area contributed by atoms with Crippen molar-refractivity contribution in [3.8, 4) is 5.75 Å². The SMILES string of the molecule is COc1ccc(CN=C(NCC(=O)N(C)C)NC2CCN(C(C)C)CC2)cc1. The number of hydrogen-bond donors (Lipinski definition) is 2. The summed E-state index contributed by atoms with van der Waals surface area (Å²) in [6.45, 7) is 7.41. The largest absolute Gasteiger partial charge is 0.497 e. The van der Waals surface area contributed by atoms with Crippen LogP contribution in [0.2, 0.25) is 0 Å². The lowest BCUT2D eigenvalue weighted by Crippen LogP contribution is -2.51. The third-order valence-corrected chi connectivity index (χ3v) is 5.09. The zero-order valence-electron chi connectivity index (χ0n) is 17.9. The smallest absolute Gasteiger partial charge is 0.241 e. The minimum atomic E-state index is 0.0218. The van der Waals surface area contributed by atoms with E-state index >= 15 is 0 Å². The Labute approximate surface area is 169 Å². The molecule has 1 aromatic rings. The summed E-state index contributed by atoms with van der Waals surface area (Å²) in [5.74, 6) is 1.54. The molecule has 156 valence electrons. The molecule has 1 heterocycles. The lowest BCUT2D eigenvalue weighted by molar-refractivity contribution is -0.127. The number of carbonyl (C=O) groups is 1. The van der Waals surface area contributed by atoms with Gasteiger partial charge in [-0.05, 0) is 44.4 Å². The molecule has 0 aliphatic carbocycles. The second kappa shape index (κ2) is 10.9. The van der Waals surface area contributed by atoms with Gasteiger partial charge in [0, 0.05) is 39.3 Å². The summed E-state index contributed by atoms with van der Waals surface area (Å²) in [6.07, 6.45) is 2.14. The van der Waals surface area contributed by atoms with E-state index in [0.29, 0.717) is 24.6 Å². The van der Waals surface area contributed by atoms with Crippen molar-refractivity contribution in [3.63, 3.8) is 0 Å². The van der Waals surface area contributed by atoms with Gasteiger partial charge >= 0.3 is 0 Å². The summed E-state index contributed by atoms with van der Waals surface area (Å²) < 4.78 is 5.20. The Balaban J connectivity index is 1.98. The van der Waals surface area contributed by atoms with Crippen molar-refractivity contribution in [2.24, 2.45) is 4.99 Å². The van der Waals surface area contributed by atoms with Crippen LogP contribution in [-0.4, -0.2) is 74.6 Å². The van der Waals surface area contributed by atoms with Crippen molar-refractivity contribution < 1.29 is 9.53 Å². The molecule has 1 aliphatic heterocycles. The third-order valence-electron chi connectivity index (χ3n) is 5.09. The van der Waals surface area contributed by atoms with Crippen LogP contribution in [0.4, 0.5) is 0 Å². The van der Waals surface area contributed by atoms with Crippen LogP contribution in [0.1, 0.15) is 32.3 Å². The molecule has 1 fully saturated rings. The van der Waals surface area contributed by atoms with Gasteiger partial charge in [-0.1, -0.05) is 12.1 Å². The Morgan fingerprint density at radius 3 is 2.43 bits per heavy atom.